The summed E-state index contributed by atoms with van der Waals surface area (Å²) in [6.45, 7) is 1.54. The van der Waals surface area contributed by atoms with Crippen LogP contribution in [-0.4, -0.2) is 25.0 Å². The lowest BCUT2D eigenvalue weighted by atomic mass is 10.1. The van der Waals surface area contributed by atoms with Crippen LogP contribution in [0.25, 0.3) is 10.2 Å². The van der Waals surface area contributed by atoms with Crippen LogP contribution in [0.1, 0.15) is 22.6 Å². The average Bonchev–Trinajstić information content (AvgIpc) is 3.01. The van der Waals surface area contributed by atoms with E-state index in [9.17, 15) is 4.79 Å². The first-order valence-corrected chi connectivity index (χ1v) is 9.40. The number of hydrogen-bond acceptors (Lipinski definition) is 3. The second kappa shape index (κ2) is 8.23. The molecule has 25 heavy (non-hydrogen) atoms. The predicted octanol–water partition coefficient (Wildman–Crippen LogP) is 2.19. The number of nitrogens with zero attached hydrogens (tertiary/aromatic N) is 1. The van der Waals surface area contributed by atoms with Gasteiger partial charge in [-0.2, -0.15) is 0 Å². The van der Waals surface area contributed by atoms with Crippen molar-refractivity contribution in [1.29, 1.82) is 0 Å². The molecular weight excluding hydrogens is 330 g/mol. The van der Waals surface area contributed by atoms with E-state index in [1.165, 1.54) is 20.7 Å². The standard InChI is InChI=1S/C20H23N3OS/c1-23(2)14-16-8-4-3-7-15(16)13-21-19(24)11-12-20-22-17-9-5-6-10-18(17)25-20/h3-10H,11-14H2,1-2H3,(H,21,24)/p+1. The molecule has 0 aliphatic carbocycles. The number of nitrogens with one attached hydrogen (secondary N) is 2. The predicted molar refractivity (Wildman–Crippen MR) is 103 cm³/mol. The van der Waals surface area contributed by atoms with Crippen molar-refractivity contribution < 1.29 is 9.69 Å². The molecule has 0 fully saturated rings. The lowest BCUT2D eigenvalue weighted by Crippen LogP contribution is -3.04. The maximum Gasteiger partial charge on any atom is 0.220 e. The molecule has 2 N–H and O–H groups in total. The summed E-state index contributed by atoms with van der Waals surface area (Å²) in [5.41, 5.74) is 3.49. The van der Waals surface area contributed by atoms with Gasteiger partial charge in [-0.15, -0.1) is 11.3 Å². The minimum atomic E-state index is 0.0752. The van der Waals surface area contributed by atoms with Crippen LogP contribution in [0.15, 0.2) is 48.5 Å². The molecule has 0 saturated heterocycles. The van der Waals surface area contributed by atoms with Crippen LogP contribution in [0.4, 0.5) is 0 Å². The number of fused-ring (bicyclic) bond motifs is 1. The van der Waals surface area contributed by atoms with Crippen LogP contribution >= 0.6 is 11.3 Å². The van der Waals surface area contributed by atoms with E-state index in [0.717, 1.165) is 17.1 Å². The monoisotopic (exact) mass is 354 g/mol. The molecule has 0 bridgehead atoms. The molecule has 0 saturated carbocycles. The number of carbonyl (C=O) groups is 1. The molecule has 0 unspecified atom stereocenters. The van der Waals surface area contributed by atoms with E-state index >= 15 is 0 Å². The van der Waals surface area contributed by atoms with Gasteiger partial charge in [-0.1, -0.05) is 36.4 Å². The van der Waals surface area contributed by atoms with Gasteiger partial charge in [0.1, 0.15) is 6.54 Å². The van der Waals surface area contributed by atoms with Gasteiger partial charge in [0.2, 0.25) is 5.91 Å². The van der Waals surface area contributed by atoms with Crippen molar-refractivity contribution in [3.63, 3.8) is 0 Å². The lowest BCUT2D eigenvalue weighted by Gasteiger charge is -2.12. The number of amides is 1. The molecule has 1 aromatic heterocycles. The summed E-state index contributed by atoms with van der Waals surface area (Å²) in [6.07, 6.45) is 1.16. The summed E-state index contributed by atoms with van der Waals surface area (Å²) >= 11 is 1.67. The molecule has 3 rings (SSSR count). The molecule has 0 spiro atoms. The Morgan fingerprint density at radius 3 is 2.56 bits per heavy atom. The van der Waals surface area contributed by atoms with Gasteiger partial charge in [0.15, 0.2) is 0 Å². The van der Waals surface area contributed by atoms with Gasteiger partial charge in [0.05, 0.1) is 29.3 Å². The minimum Gasteiger partial charge on any atom is -0.352 e. The molecule has 5 heteroatoms. The molecule has 3 aromatic rings. The Hall–Kier alpha value is -2.24. The molecule has 0 aliphatic rings. The van der Waals surface area contributed by atoms with E-state index in [4.69, 9.17) is 0 Å². The fraction of sp³-hybridized carbons (Fsp3) is 0.300. The topological polar surface area (TPSA) is 46.4 Å². The van der Waals surface area contributed by atoms with Crippen molar-refractivity contribution in [3.8, 4) is 0 Å². The Bertz CT molecular complexity index is 824. The lowest BCUT2D eigenvalue weighted by molar-refractivity contribution is -0.872. The largest absolute Gasteiger partial charge is 0.352 e. The normalized spacial score (nSPS) is 11.2. The number of para-hydroxylation sites is 1. The fourth-order valence-electron chi connectivity index (χ4n) is 2.81. The third-order valence-corrected chi connectivity index (χ3v) is 5.14. The molecule has 0 aliphatic heterocycles. The van der Waals surface area contributed by atoms with Gasteiger partial charge in [0, 0.05) is 24.9 Å². The average molecular weight is 354 g/mol. The summed E-state index contributed by atoms with van der Waals surface area (Å²) < 4.78 is 1.18. The van der Waals surface area contributed by atoms with Gasteiger partial charge >= 0.3 is 0 Å². The number of benzene rings is 2. The van der Waals surface area contributed by atoms with E-state index in [1.54, 1.807) is 11.3 Å². The number of rotatable bonds is 7. The number of carbonyl (C=O) groups excluding carboxylic acids is 1. The van der Waals surface area contributed by atoms with Gasteiger partial charge in [0.25, 0.3) is 0 Å². The Kier molecular flexibility index (Phi) is 5.79. The Labute approximate surface area is 152 Å². The minimum absolute atomic E-state index is 0.0752. The van der Waals surface area contributed by atoms with E-state index in [2.05, 4.69) is 48.7 Å². The molecule has 0 atom stereocenters. The zero-order valence-corrected chi connectivity index (χ0v) is 15.5. The zero-order chi connectivity index (χ0) is 17.6. The van der Waals surface area contributed by atoms with E-state index in [-0.39, 0.29) is 5.91 Å². The summed E-state index contributed by atoms with van der Waals surface area (Å²) in [5.74, 6) is 0.0752. The summed E-state index contributed by atoms with van der Waals surface area (Å²) in [7, 11) is 4.26. The summed E-state index contributed by atoms with van der Waals surface area (Å²) in [5, 5.41) is 4.07. The second-order valence-corrected chi connectivity index (χ2v) is 7.62. The van der Waals surface area contributed by atoms with Crippen molar-refractivity contribution in [2.75, 3.05) is 14.1 Å². The number of hydrogen-bond donors (Lipinski definition) is 2. The third kappa shape index (κ3) is 4.87. The highest BCUT2D eigenvalue weighted by Crippen LogP contribution is 2.22. The molecule has 0 radical (unpaired) electrons. The van der Waals surface area contributed by atoms with Crippen LogP contribution in [0.5, 0.6) is 0 Å². The number of thiazole rings is 1. The third-order valence-electron chi connectivity index (χ3n) is 4.04. The first-order chi connectivity index (χ1) is 12.1. The van der Waals surface area contributed by atoms with Gasteiger partial charge in [-0.25, -0.2) is 4.98 Å². The van der Waals surface area contributed by atoms with Gasteiger partial charge in [-0.05, 0) is 17.7 Å². The quantitative estimate of drug-likeness (QED) is 0.683. The highest BCUT2D eigenvalue weighted by Gasteiger charge is 2.09. The SMILES string of the molecule is C[NH+](C)Cc1ccccc1CNC(=O)CCc1nc2ccccc2s1. The van der Waals surface area contributed by atoms with Crippen LogP contribution in [0, 0.1) is 0 Å². The summed E-state index contributed by atoms with van der Waals surface area (Å²) in [6, 6.07) is 16.4. The first-order valence-electron chi connectivity index (χ1n) is 8.59. The van der Waals surface area contributed by atoms with E-state index in [1.807, 2.05) is 24.3 Å². The number of quaternary nitrogens is 1. The molecule has 1 amide bonds. The zero-order valence-electron chi connectivity index (χ0n) is 14.7. The van der Waals surface area contributed by atoms with Crippen molar-refractivity contribution in [2.24, 2.45) is 0 Å². The van der Waals surface area contributed by atoms with Crippen LogP contribution in [0.2, 0.25) is 0 Å². The van der Waals surface area contributed by atoms with Gasteiger partial charge < -0.3 is 10.2 Å². The molecule has 2 aromatic carbocycles. The highest BCUT2D eigenvalue weighted by molar-refractivity contribution is 7.18. The second-order valence-electron chi connectivity index (χ2n) is 6.50. The van der Waals surface area contributed by atoms with E-state index < -0.39 is 0 Å². The Morgan fingerprint density at radius 2 is 1.80 bits per heavy atom. The Morgan fingerprint density at radius 1 is 1.08 bits per heavy atom. The van der Waals surface area contributed by atoms with Crippen LogP contribution in [0.3, 0.4) is 0 Å². The maximum absolute atomic E-state index is 12.2. The van der Waals surface area contributed by atoms with Gasteiger partial charge in [-0.3, -0.25) is 4.79 Å². The summed E-state index contributed by atoms with van der Waals surface area (Å²) in [4.78, 5) is 18.2. The molecule has 130 valence electrons. The van der Waals surface area contributed by atoms with Crippen LogP contribution < -0.4 is 10.2 Å². The number of aromatic nitrogens is 1. The maximum atomic E-state index is 12.2. The Balaban J connectivity index is 1.53. The number of aryl methyl sites for hydroxylation is 1. The van der Waals surface area contributed by atoms with Crippen LogP contribution in [-0.2, 0) is 24.3 Å². The highest BCUT2D eigenvalue weighted by atomic mass is 32.1. The fourth-order valence-corrected chi connectivity index (χ4v) is 3.78. The molecule has 4 nitrogen and oxygen atoms in total. The van der Waals surface area contributed by atoms with Crippen molar-refractivity contribution in [2.45, 2.75) is 25.9 Å². The molecule has 1 heterocycles. The van der Waals surface area contributed by atoms with Crippen molar-refractivity contribution in [1.82, 2.24) is 10.3 Å². The van der Waals surface area contributed by atoms with Crippen molar-refractivity contribution >= 4 is 27.5 Å². The first kappa shape index (κ1) is 17.6. The smallest absolute Gasteiger partial charge is 0.220 e. The van der Waals surface area contributed by atoms with Crippen molar-refractivity contribution in [3.05, 3.63) is 64.7 Å². The molecular formula is C20H24N3OS+. The van der Waals surface area contributed by atoms with E-state index in [0.29, 0.717) is 19.4 Å².